The van der Waals surface area contributed by atoms with Crippen LogP contribution in [0.5, 0.6) is 0 Å². The Morgan fingerprint density at radius 2 is 1.64 bits per heavy atom. The number of benzene rings is 2. The number of hydrogen-bond donors (Lipinski definition) is 1. The molecule has 2 aromatic carbocycles. The number of carbonyl (C=O) groups excluding carboxylic acids is 3. The summed E-state index contributed by atoms with van der Waals surface area (Å²) in [6.45, 7) is 0.935. The minimum absolute atomic E-state index is 0.0475. The van der Waals surface area contributed by atoms with E-state index in [1.54, 1.807) is 40.4 Å². The van der Waals surface area contributed by atoms with Gasteiger partial charge >= 0.3 is 0 Å². The lowest BCUT2D eigenvalue weighted by atomic mass is 10.0. The highest BCUT2D eigenvalue weighted by Gasteiger charge is 2.47. The van der Waals surface area contributed by atoms with Crippen LogP contribution in [0.1, 0.15) is 50.9 Å². The van der Waals surface area contributed by atoms with Gasteiger partial charge in [0.1, 0.15) is 6.17 Å². The van der Waals surface area contributed by atoms with Crippen molar-refractivity contribution in [1.29, 1.82) is 0 Å². The van der Waals surface area contributed by atoms with E-state index in [2.05, 4.69) is 10.3 Å². The number of amides is 3. The Morgan fingerprint density at radius 3 is 2.45 bits per heavy atom. The Morgan fingerprint density at radius 1 is 0.909 bits per heavy atom. The second-order valence-electron chi connectivity index (χ2n) is 8.21. The van der Waals surface area contributed by atoms with Crippen LogP contribution in [0.25, 0.3) is 0 Å². The summed E-state index contributed by atoms with van der Waals surface area (Å²) in [5.41, 5.74) is 3.71. The third-order valence-corrected chi connectivity index (χ3v) is 6.17. The zero-order chi connectivity index (χ0) is 22.8. The van der Waals surface area contributed by atoms with Crippen LogP contribution in [0.4, 0.5) is 5.69 Å². The summed E-state index contributed by atoms with van der Waals surface area (Å²) < 4.78 is 0. The number of carbonyl (C=O) groups is 3. The maximum absolute atomic E-state index is 13.4. The number of pyridine rings is 1. The van der Waals surface area contributed by atoms with E-state index >= 15 is 0 Å². The van der Waals surface area contributed by atoms with Crippen molar-refractivity contribution in [3.05, 3.63) is 95.3 Å². The number of aromatic nitrogens is 1. The Hall–Kier alpha value is -4.00. The number of nitrogens with one attached hydrogen (secondary N) is 1. The standard InChI is InChI=1S/C26H24N4O3/c31-23(28-16-13-18-11-14-27-15-12-18)10-5-17-29-24-19-6-1-2-7-20(19)26(33)30(24)22-9-4-3-8-21(22)25(29)32/h1-4,6-9,11-12,14-15,24H,5,10,13,16-17H2,(H,28,31)/t24-/m0/s1. The lowest BCUT2D eigenvalue weighted by Crippen LogP contribution is -2.48. The fourth-order valence-corrected chi connectivity index (χ4v) is 4.59. The lowest BCUT2D eigenvalue weighted by molar-refractivity contribution is -0.121. The summed E-state index contributed by atoms with van der Waals surface area (Å²) in [5.74, 6) is -0.266. The topological polar surface area (TPSA) is 82.6 Å². The van der Waals surface area contributed by atoms with Crippen LogP contribution in [0.2, 0.25) is 0 Å². The second-order valence-corrected chi connectivity index (χ2v) is 8.21. The molecule has 5 rings (SSSR count). The van der Waals surface area contributed by atoms with Crippen molar-refractivity contribution >= 4 is 23.4 Å². The average Bonchev–Trinajstić information content (AvgIpc) is 3.14. The van der Waals surface area contributed by atoms with Gasteiger partial charge in [-0.3, -0.25) is 24.3 Å². The van der Waals surface area contributed by atoms with Crippen LogP contribution in [-0.4, -0.2) is 40.7 Å². The largest absolute Gasteiger partial charge is 0.356 e. The first-order valence-corrected chi connectivity index (χ1v) is 11.1. The first-order valence-electron chi connectivity index (χ1n) is 11.1. The van der Waals surface area contributed by atoms with E-state index < -0.39 is 6.17 Å². The summed E-state index contributed by atoms with van der Waals surface area (Å²) in [6.07, 6.45) is 4.55. The van der Waals surface area contributed by atoms with Crippen LogP contribution >= 0.6 is 0 Å². The monoisotopic (exact) mass is 440 g/mol. The van der Waals surface area contributed by atoms with Crippen molar-refractivity contribution in [3.8, 4) is 0 Å². The number of anilines is 1. The van der Waals surface area contributed by atoms with Crippen LogP contribution < -0.4 is 10.2 Å². The van der Waals surface area contributed by atoms with Crippen molar-refractivity contribution in [2.75, 3.05) is 18.0 Å². The zero-order valence-electron chi connectivity index (χ0n) is 18.1. The Balaban J connectivity index is 1.27. The number of hydrogen-bond acceptors (Lipinski definition) is 4. The molecule has 7 nitrogen and oxygen atoms in total. The molecule has 2 aliphatic rings. The minimum Gasteiger partial charge on any atom is -0.356 e. The van der Waals surface area contributed by atoms with E-state index in [1.807, 2.05) is 42.5 Å². The number of fused-ring (bicyclic) bond motifs is 5. The van der Waals surface area contributed by atoms with Crippen LogP contribution in [0, 0.1) is 0 Å². The molecule has 0 saturated heterocycles. The highest BCUT2D eigenvalue weighted by atomic mass is 16.2. The molecule has 0 unspecified atom stereocenters. The van der Waals surface area contributed by atoms with Crippen molar-refractivity contribution in [2.24, 2.45) is 0 Å². The molecule has 0 saturated carbocycles. The molecule has 0 spiro atoms. The van der Waals surface area contributed by atoms with E-state index in [1.165, 1.54) is 0 Å². The molecule has 1 N–H and O–H groups in total. The van der Waals surface area contributed by atoms with Gasteiger partial charge in [0.25, 0.3) is 11.8 Å². The lowest BCUT2D eigenvalue weighted by Gasteiger charge is -2.41. The average molecular weight is 441 g/mol. The second kappa shape index (κ2) is 8.86. The molecule has 2 aliphatic heterocycles. The van der Waals surface area contributed by atoms with Crippen LogP contribution in [0.3, 0.4) is 0 Å². The molecular weight excluding hydrogens is 416 g/mol. The maximum atomic E-state index is 13.4. The summed E-state index contributed by atoms with van der Waals surface area (Å²) in [7, 11) is 0. The van der Waals surface area contributed by atoms with Gasteiger partial charge in [-0.05, 0) is 48.7 Å². The van der Waals surface area contributed by atoms with Gasteiger partial charge in [0.2, 0.25) is 5.91 Å². The Labute approximate surface area is 192 Å². The molecule has 166 valence electrons. The van der Waals surface area contributed by atoms with Gasteiger partial charge in [0.05, 0.1) is 11.3 Å². The molecule has 7 heteroatoms. The predicted molar refractivity (Wildman–Crippen MR) is 124 cm³/mol. The first-order chi connectivity index (χ1) is 16.1. The molecule has 0 radical (unpaired) electrons. The molecule has 1 aromatic heterocycles. The number of rotatable bonds is 7. The summed E-state index contributed by atoms with van der Waals surface area (Å²) in [6, 6.07) is 18.5. The molecule has 3 amide bonds. The molecular formula is C26H24N4O3. The van der Waals surface area contributed by atoms with Gasteiger partial charge in [-0.2, -0.15) is 0 Å². The highest BCUT2D eigenvalue weighted by molar-refractivity contribution is 6.16. The first kappa shape index (κ1) is 20.9. The zero-order valence-corrected chi connectivity index (χ0v) is 18.1. The molecule has 3 aromatic rings. The van der Waals surface area contributed by atoms with Crippen molar-refractivity contribution < 1.29 is 14.4 Å². The fourth-order valence-electron chi connectivity index (χ4n) is 4.59. The van der Waals surface area contributed by atoms with Crippen LogP contribution in [0.15, 0.2) is 73.1 Å². The van der Waals surface area contributed by atoms with Gasteiger partial charge in [0, 0.05) is 43.0 Å². The minimum atomic E-state index is -0.481. The Bertz CT molecular complexity index is 1210. The van der Waals surface area contributed by atoms with Crippen molar-refractivity contribution in [3.63, 3.8) is 0 Å². The van der Waals surface area contributed by atoms with E-state index in [0.717, 1.165) is 17.5 Å². The van der Waals surface area contributed by atoms with Gasteiger partial charge < -0.3 is 10.2 Å². The van der Waals surface area contributed by atoms with E-state index in [4.69, 9.17) is 0 Å². The molecule has 1 atom stereocenters. The molecule has 33 heavy (non-hydrogen) atoms. The molecule has 0 aliphatic carbocycles. The summed E-state index contributed by atoms with van der Waals surface area (Å²) in [4.78, 5) is 46.3. The highest BCUT2D eigenvalue weighted by Crippen LogP contribution is 2.45. The summed E-state index contributed by atoms with van der Waals surface area (Å²) >= 11 is 0. The SMILES string of the molecule is O=C(CCCN1C(=O)c2ccccc2N2C(=O)c3ccccc3[C@@H]12)NCCc1ccncc1. The van der Waals surface area contributed by atoms with Crippen LogP contribution in [-0.2, 0) is 11.2 Å². The third-order valence-electron chi connectivity index (χ3n) is 6.17. The smallest absolute Gasteiger partial charge is 0.260 e. The quantitative estimate of drug-likeness (QED) is 0.611. The maximum Gasteiger partial charge on any atom is 0.260 e. The number of para-hydroxylation sites is 1. The third kappa shape index (κ3) is 3.86. The van der Waals surface area contributed by atoms with Gasteiger partial charge in [-0.15, -0.1) is 0 Å². The predicted octanol–water partition coefficient (Wildman–Crippen LogP) is 3.34. The summed E-state index contributed by atoms with van der Waals surface area (Å²) in [5, 5.41) is 2.94. The Kier molecular flexibility index (Phi) is 5.60. The fraction of sp³-hybridized carbons (Fsp3) is 0.231. The van der Waals surface area contributed by atoms with E-state index in [0.29, 0.717) is 42.7 Å². The van der Waals surface area contributed by atoms with Gasteiger partial charge in [-0.25, -0.2) is 0 Å². The molecule has 3 heterocycles. The molecule has 0 bridgehead atoms. The van der Waals surface area contributed by atoms with Gasteiger partial charge in [-0.1, -0.05) is 30.3 Å². The van der Waals surface area contributed by atoms with E-state index in [9.17, 15) is 14.4 Å². The normalized spacial score (nSPS) is 16.3. The van der Waals surface area contributed by atoms with Crippen molar-refractivity contribution in [2.45, 2.75) is 25.4 Å². The van der Waals surface area contributed by atoms with E-state index in [-0.39, 0.29) is 17.7 Å². The van der Waals surface area contributed by atoms with Crippen molar-refractivity contribution in [1.82, 2.24) is 15.2 Å². The van der Waals surface area contributed by atoms with Gasteiger partial charge in [0.15, 0.2) is 0 Å². The molecule has 0 fully saturated rings. The number of nitrogens with zero attached hydrogens (tertiary/aromatic N) is 3.